The average Bonchev–Trinajstić information content (AvgIpc) is 3.43. The summed E-state index contributed by atoms with van der Waals surface area (Å²) >= 11 is 1.72. The molecular formula is C21H26N6OS. The predicted octanol–water partition coefficient (Wildman–Crippen LogP) is 2.68. The van der Waals surface area contributed by atoms with Crippen LogP contribution in [0, 0.1) is 0 Å². The second-order valence-corrected chi connectivity index (χ2v) is 8.11. The lowest BCUT2D eigenvalue weighted by Crippen LogP contribution is -2.48. The molecule has 0 saturated carbocycles. The van der Waals surface area contributed by atoms with E-state index in [1.54, 1.807) is 18.4 Å². The van der Waals surface area contributed by atoms with E-state index >= 15 is 0 Å². The van der Waals surface area contributed by atoms with E-state index in [9.17, 15) is 0 Å². The van der Waals surface area contributed by atoms with E-state index in [0.29, 0.717) is 6.54 Å². The number of tetrazole rings is 1. The van der Waals surface area contributed by atoms with Crippen LogP contribution >= 0.6 is 11.3 Å². The third kappa shape index (κ3) is 4.55. The van der Waals surface area contributed by atoms with Crippen molar-refractivity contribution < 1.29 is 4.74 Å². The molecule has 0 amide bonds. The molecule has 1 aromatic carbocycles. The molecule has 152 valence electrons. The number of methoxy groups -OCH3 is 1. The number of hydrogen-bond acceptors (Lipinski definition) is 7. The fourth-order valence-corrected chi connectivity index (χ4v) is 4.45. The Morgan fingerprint density at radius 1 is 1.17 bits per heavy atom. The summed E-state index contributed by atoms with van der Waals surface area (Å²) in [6.07, 6.45) is 1.97. The highest BCUT2D eigenvalue weighted by molar-refractivity contribution is 7.09. The molecule has 1 aliphatic rings. The van der Waals surface area contributed by atoms with Gasteiger partial charge in [0.05, 0.1) is 19.7 Å². The number of rotatable bonds is 8. The van der Waals surface area contributed by atoms with E-state index in [0.717, 1.165) is 44.3 Å². The molecule has 0 radical (unpaired) electrons. The number of nitrogens with zero attached hydrogens (tertiary/aromatic N) is 6. The van der Waals surface area contributed by atoms with E-state index in [1.165, 1.54) is 10.4 Å². The summed E-state index contributed by atoms with van der Waals surface area (Å²) in [5.41, 5.74) is 1.17. The highest BCUT2D eigenvalue weighted by Crippen LogP contribution is 2.30. The second kappa shape index (κ2) is 9.30. The first-order chi connectivity index (χ1) is 14.3. The molecule has 1 saturated heterocycles. The molecule has 1 atom stereocenters. The Labute approximate surface area is 175 Å². The first-order valence-corrected chi connectivity index (χ1v) is 10.7. The van der Waals surface area contributed by atoms with Gasteiger partial charge in [-0.05, 0) is 39.6 Å². The fourth-order valence-electron chi connectivity index (χ4n) is 3.77. The number of ether oxygens (including phenoxy) is 1. The molecule has 8 heteroatoms. The van der Waals surface area contributed by atoms with Crippen molar-refractivity contribution in [3.63, 3.8) is 0 Å². The SMILES string of the molecule is C=CCN1CCN(C(c2ccc(OC)cc2)c2nnnn2Cc2cccs2)CC1. The molecule has 2 aromatic heterocycles. The largest absolute Gasteiger partial charge is 0.497 e. The minimum absolute atomic E-state index is 0.00162. The van der Waals surface area contributed by atoms with Gasteiger partial charge < -0.3 is 4.74 Å². The molecule has 1 unspecified atom stereocenters. The molecule has 0 bridgehead atoms. The van der Waals surface area contributed by atoms with Gasteiger partial charge in [-0.15, -0.1) is 23.0 Å². The molecule has 3 heterocycles. The van der Waals surface area contributed by atoms with Gasteiger partial charge in [0, 0.05) is 37.6 Å². The summed E-state index contributed by atoms with van der Waals surface area (Å²) in [7, 11) is 1.69. The van der Waals surface area contributed by atoms with Gasteiger partial charge in [-0.1, -0.05) is 24.3 Å². The zero-order valence-corrected chi connectivity index (χ0v) is 17.5. The van der Waals surface area contributed by atoms with Gasteiger partial charge in [-0.3, -0.25) is 9.80 Å². The van der Waals surface area contributed by atoms with Crippen molar-refractivity contribution in [3.05, 3.63) is 70.7 Å². The highest BCUT2D eigenvalue weighted by atomic mass is 32.1. The van der Waals surface area contributed by atoms with Crippen LogP contribution in [0.5, 0.6) is 5.75 Å². The average molecular weight is 411 g/mol. The van der Waals surface area contributed by atoms with E-state index in [4.69, 9.17) is 4.74 Å². The third-order valence-electron chi connectivity index (χ3n) is 5.28. The van der Waals surface area contributed by atoms with Crippen LogP contribution in [-0.4, -0.2) is 69.8 Å². The summed E-state index contributed by atoms with van der Waals surface area (Å²) in [6.45, 7) is 9.40. The molecule has 4 rings (SSSR count). The Kier molecular flexibility index (Phi) is 6.33. The van der Waals surface area contributed by atoms with Gasteiger partial charge in [0.25, 0.3) is 0 Å². The van der Waals surface area contributed by atoms with Crippen molar-refractivity contribution >= 4 is 11.3 Å². The zero-order valence-electron chi connectivity index (χ0n) is 16.6. The number of benzene rings is 1. The number of hydrogen-bond donors (Lipinski definition) is 0. The summed E-state index contributed by atoms with van der Waals surface area (Å²) in [5, 5.41) is 14.8. The summed E-state index contributed by atoms with van der Waals surface area (Å²) in [5.74, 6) is 1.72. The highest BCUT2D eigenvalue weighted by Gasteiger charge is 2.30. The topological polar surface area (TPSA) is 59.3 Å². The maximum Gasteiger partial charge on any atom is 0.173 e. The lowest BCUT2D eigenvalue weighted by Gasteiger charge is -2.38. The summed E-state index contributed by atoms with van der Waals surface area (Å²) in [6, 6.07) is 12.4. The molecule has 1 fully saturated rings. The van der Waals surface area contributed by atoms with Crippen LogP contribution in [0.2, 0.25) is 0 Å². The van der Waals surface area contributed by atoms with Crippen molar-refractivity contribution in [2.24, 2.45) is 0 Å². The minimum Gasteiger partial charge on any atom is -0.497 e. The van der Waals surface area contributed by atoms with Gasteiger partial charge in [0.15, 0.2) is 5.82 Å². The Morgan fingerprint density at radius 2 is 1.97 bits per heavy atom. The first-order valence-electron chi connectivity index (χ1n) is 9.78. The molecule has 0 N–H and O–H groups in total. The van der Waals surface area contributed by atoms with Crippen LogP contribution in [0.15, 0.2) is 54.4 Å². The second-order valence-electron chi connectivity index (χ2n) is 7.08. The van der Waals surface area contributed by atoms with Gasteiger partial charge in [-0.25, -0.2) is 4.68 Å². The van der Waals surface area contributed by atoms with Crippen LogP contribution < -0.4 is 4.74 Å². The van der Waals surface area contributed by atoms with Crippen LogP contribution in [0.1, 0.15) is 22.3 Å². The molecule has 3 aromatic rings. The van der Waals surface area contributed by atoms with E-state index < -0.39 is 0 Å². The Balaban J connectivity index is 1.64. The third-order valence-corrected chi connectivity index (χ3v) is 6.14. The summed E-state index contributed by atoms with van der Waals surface area (Å²) < 4.78 is 7.27. The van der Waals surface area contributed by atoms with Crippen molar-refractivity contribution in [1.82, 2.24) is 30.0 Å². The normalized spacial score (nSPS) is 16.6. The van der Waals surface area contributed by atoms with E-state index in [2.05, 4.69) is 61.5 Å². The van der Waals surface area contributed by atoms with Gasteiger partial charge in [0.1, 0.15) is 5.75 Å². The molecule has 7 nitrogen and oxygen atoms in total. The Hall–Kier alpha value is -2.55. The monoisotopic (exact) mass is 410 g/mol. The van der Waals surface area contributed by atoms with Crippen LogP contribution in [0.25, 0.3) is 0 Å². The minimum atomic E-state index is 0.00162. The quantitative estimate of drug-likeness (QED) is 0.532. The smallest absolute Gasteiger partial charge is 0.173 e. The Morgan fingerprint density at radius 3 is 2.62 bits per heavy atom. The van der Waals surface area contributed by atoms with Crippen molar-refractivity contribution in [3.8, 4) is 5.75 Å². The molecule has 29 heavy (non-hydrogen) atoms. The first kappa shape index (κ1) is 19.8. The fraction of sp³-hybridized carbons (Fsp3) is 0.381. The number of aromatic nitrogens is 4. The van der Waals surface area contributed by atoms with E-state index in [1.807, 2.05) is 22.9 Å². The van der Waals surface area contributed by atoms with E-state index in [-0.39, 0.29) is 6.04 Å². The predicted molar refractivity (Wildman–Crippen MR) is 114 cm³/mol. The van der Waals surface area contributed by atoms with Crippen molar-refractivity contribution in [2.75, 3.05) is 39.8 Å². The Bertz CT molecular complexity index is 900. The standard InChI is InChI=1S/C21H26N6OS/c1-3-10-25-11-13-26(14-12-25)20(17-6-8-18(28-2)9-7-17)21-22-23-24-27(21)16-19-5-4-15-29-19/h3-9,15,20H,1,10-14,16H2,2H3. The maximum absolute atomic E-state index is 5.35. The number of thiophene rings is 1. The lowest BCUT2D eigenvalue weighted by atomic mass is 10.0. The maximum atomic E-state index is 5.35. The van der Waals surface area contributed by atoms with Crippen LogP contribution in [0.4, 0.5) is 0 Å². The van der Waals surface area contributed by atoms with Crippen molar-refractivity contribution in [2.45, 2.75) is 12.6 Å². The molecule has 1 aliphatic heterocycles. The van der Waals surface area contributed by atoms with Gasteiger partial charge >= 0.3 is 0 Å². The van der Waals surface area contributed by atoms with Crippen molar-refractivity contribution in [1.29, 1.82) is 0 Å². The van der Waals surface area contributed by atoms with Crippen LogP contribution in [0.3, 0.4) is 0 Å². The molecule has 0 spiro atoms. The molecule has 0 aliphatic carbocycles. The number of piperazine rings is 1. The summed E-state index contributed by atoms with van der Waals surface area (Å²) in [4.78, 5) is 6.13. The lowest BCUT2D eigenvalue weighted by molar-refractivity contribution is 0.112. The van der Waals surface area contributed by atoms with Gasteiger partial charge in [-0.2, -0.15) is 0 Å². The zero-order chi connectivity index (χ0) is 20.1. The van der Waals surface area contributed by atoms with Gasteiger partial charge in [0.2, 0.25) is 0 Å². The molecular weight excluding hydrogens is 384 g/mol. The van der Waals surface area contributed by atoms with Crippen LogP contribution in [-0.2, 0) is 6.54 Å².